The zero-order valence-corrected chi connectivity index (χ0v) is 7.53. The molecule has 0 aromatic heterocycles. The first-order chi connectivity index (χ1) is 5.57. The van der Waals surface area contributed by atoms with E-state index in [1.54, 1.807) is 6.92 Å². The van der Waals surface area contributed by atoms with Gasteiger partial charge in [0.2, 0.25) is 6.43 Å². The van der Waals surface area contributed by atoms with Crippen molar-refractivity contribution in [3.63, 3.8) is 0 Å². The van der Waals surface area contributed by atoms with Gasteiger partial charge in [-0.25, -0.2) is 8.78 Å². The fourth-order valence-electron chi connectivity index (χ4n) is 1.92. The summed E-state index contributed by atoms with van der Waals surface area (Å²) in [5, 5.41) is 0. The molecule has 0 bridgehead atoms. The Labute approximate surface area is 72.3 Å². The van der Waals surface area contributed by atoms with Crippen LogP contribution in [0.5, 0.6) is 0 Å². The molecule has 0 spiro atoms. The van der Waals surface area contributed by atoms with Crippen LogP contribution < -0.4 is 0 Å². The minimum absolute atomic E-state index is 0.143. The predicted molar refractivity (Wildman–Crippen MR) is 44.9 cm³/mol. The first kappa shape index (κ1) is 9.51. The Hall–Kier alpha value is -0.580. The van der Waals surface area contributed by atoms with Crippen molar-refractivity contribution in [3.8, 4) is 11.8 Å². The minimum Gasteiger partial charge on any atom is -0.210 e. The van der Waals surface area contributed by atoms with Gasteiger partial charge in [0.05, 0.1) is 0 Å². The molecule has 0 amide bonds. The second-order valence-corrected chi connectivity index (χ2v) is 3.77. The van der Waals surface area contributed by atoms with E-state index in [4.69, 9.17) is 0 Å². The van der Waals surface area contributed by atoms with Crippen LogP contribution in [0, 0.1) is 23.2 Å². The van der Waals surface area contributed by atoms with Crippen LogP contribution in [0.25, 0.3) is 0 Å². The zero-order valence-electron chi connectivity index (χ0n) is 7.53. The van der Waals surface area contributed by atoms with E-state index in [9.17, 15) is 8.78 Å². The van der Waals surface area contributed by atoms with Gasteiger partial charge in [0.15, 0.2) is 0 Å². The van der Waals surface area contributed by atoms with E-state index in [1.165, 1.54) is 0 Å². The first-order valence-electron chi connectivity index (χ1n) is 4.29. The lowest BCUT2D eigenvalue weighted by atomic mass is 9.88. The lowest BCUT2D eigenvalue weighted by molar-refractivity contribution is 0.0768. The largest absolute Gasteiger partial charge is 0.241 e. The van der Waals surface area contributed by atoms with E-state index in [0.717, 1.165) is 6.42 Å². The standard InChI is InChI=1S/C10H14F2/c1-3-5-10(2)6-4-8(7-10)9(11)12/h8-9H,4,6-7H2,1-2H3. The smallest absolute Gasteiger partial charge is 0.210 e. The summed E-state index contributed by atoms with van der Waals surface area (Å²) in [4.78, 5) is 0. The molecule has 1 aliphatic carbocycles. The van der Waals surface area contributed by atoms with Crippen molar-refractivity contribution in [2.45, 2.75) is 39.5 Å². The van der Waals surface area contributed by atoms with Crippen LogP contribution in [-0.2, 0) is 0 Å². The maximum absolute atomic E-state index is 12.3. The van der Waals surface area contributed by atoms with Crippen molar-refractivity contribution >= 4 is 0 Å². The van der Waals surface area contributed by atoms with E-state index in [1.807, 2.05) is 6.92 Å². The van der Waals surface area contributed by atoms with E-state index in [0.29, 0.717) is 12.8 Å². The Bertz CT molecular complexity index is 212. The predicted octanol–water partition coefficient (Wildman–Crippen LogP) is 3.08. The molecule has 1 fully saturated rings. The second-order valence-electron chi connectivity index (χ2n) is 3.77. The van der Waals surface area contributed by atoms with Crippen molar-refractivity contribution in [2.24, 2.45) is 11.3 Å². The van der Waals surface area contributed by atoms with E-state index in [-0.39, 0.29) is 5.41 Å². The molecule has 0 radical (unpaired) electrons. The number of alkyl halides is 2. The van der Waals surface area contributed by atoms with E-state index < -0.39 is 12.3 Å². The fourth-order valence-corrected chi connectivity index (χ4v) is 1.92. The third-order valence-electron chi connectivity index (χ3n) is 2.56. The molecule has 12 heavy (non-hydrogen) atoms. The molecule has 2 heteroatoms. The van der Waals surface area contributed by atoms with Crippen LogP contribution in [0.4, 0.5) is 8.78 Å². The highest BCUT2D eigenvalue weighted by atomic mass is 19.3. The Morgan fingerprint density at radius 2 is 2.17 bits per heavy atom. The summed E-state index contributed by atoms with van der Waals surface area (Å²) in [5.74, 6) is 5.42. The summed E-state index contributed by atoms with van der Waals surface area (Å²) in [5.41, 5.74) is -0.143. The van der Waals surface area contributed by atoms with Crippen molar-refractivity contribution in [3.05, 3.63) is 0 Å². The van der Waals surface area contributed by atoms with Gasteiger partial charge in [-0.2, -0.15) is 0 Å². The summed E-state index contributed by atoms with van der Waals surface area (Å²) in [7, 11) is 0. The summed E-state index contributed by atoms with van der Waals surface area (Å²) < 4.78 is 24.6. The molecule has 0 heterocycles. The normalized spacial score (nSPS) is 34.9. The molecule has 0 N–H and O–H groups in total. The van der Waals surface area contributed by atoms with E-state index >= 15 is 0 Å². The Kier molecular flexibility index (Phi) is 2.72. The lowest BCUT2D eigenvalue weighted by Crippen LogP contribution is -2.12. The molecule has 1 aliphatic rings. The topological polar surface area (TPSA) is 0 Å². The highest BCUT2D eigenvalue weighted by molar-refractivity contribution is 5.11. The van der Waals surface area contributed by atoms with Crippen LogP contribution in [-0.4, -0.2) is 6.43 Å². The molecule has 0 nitrogen and oxygen atoms in total. The maximum atomic E-state index is 12.3. The average molecular weight is 172 g/mol. The van der Waals surface area contributed by atoms with Gasteiger partial charge in [-0.3, -0.25) is 0 Å². The van der Waals surface area contributed by atoms with Crippen molar-refractivity contribution in [1.82, 2.24) is 0 Å². The molecular weight excluding hydrogens is 158 g/mol. The SMILES string of the molecule is CC#CC1(C)CCC(C(F)F)C1. The maximum Gasteiger partial charge on any atom is 0.241 e. The van der Waals surface area contributed by atoms with Gasteiger partial charge in [-0.05, 0) is 33.1 Å². The third-order valence-corrected chi connectivity index (χ3v) is 2.56. The average Bonchev–Trinajstić information content (AvgIpc) is 2.33. The second kappa shape index (κ2) is 3.43. The number of hydrogen-bond acceptors (Lipinski definition) is 0. The Balaban J connectivity index is 2.58. The summed E-state index contributed by atoms with van der Waals surface area (Å²) >= 11 is 0. The van der Waals surface area contributed by atoms with Crippen molar-refractivity contribution < 1.29 is 8.78 Å². The van der Waals surface area contributed by atoms with Gasteiger partial charge in [0, 0.05) is 11.3 Å². The minimum atomic E-state index is -2.16. The highest BCUT2D eigenvalue weighted by Gasteiger charge is 2.37. The van der Waals surface area contributed by atoms with Crippen LogP contribution in [0.3, 0.4) is 0 Å². The third kappa shape index (κ3) is 1.97. The molecule has 68 valence electrons. The van der Waals surface area contributed by atoms with Gasteiger partial charge in [0.1, 0.15) is 0 Å². The molecule has 1 saturated carbocycles. The number of rotatable bonds is 1. The first-order valence-corrected chi connectivity index (χ1v) is 4.29. The number of halogens is 2. The lowest BCUT2D eigenvalue weighted by Gasteiger charge is -2.15. The molecule has 0 aromatic carbocycles. The van der Waals surface area contributed by atoms with Gasteiger partial charge >= 0.3 is 0 Å². The molecule has 2 atom stereocenters. The number of hydrogen-bond donors (Lipinski definition) is 0. The summed E-state index contributed by atoms with van der Waals surface area (Å²) in [6.45, 7) is 3.74. The fraction of sp³-hybridized carbons (Fsp3) is 0.800. The Morgan fingerprint density at radius 1 is 1.50 bits per heavy atom. The van der Waals surface area contributed by atoms with E-state index in [2.05, 4.69) is 11.8 Å². The monoisotopic (exact) mass is 172 g/mol. The molecule has 0 saturated heterocycles. The van der Waals surface area contributed by atoms with Crippen LogP contribution in [0.1, 0.15) is 33.1 Å². The van der Waals surface area contributed by atoms with Crippen molar-refractivity contribution in [2.75, 3.05) is 0 Å². The quantitative estimate of drug-likeness (QED) is 0.533. The molecule has 0 aromatic rings. The Morgan fingerprint density at radius 3 is 2.58 bits per heavy atom. The summed E-state index contributed by atoms with van der Waals surface area (Å²) in [6, 6.07) is 0. The zero-order chi connectivity index (χ0) is 9.19. The molecule has 0 aliphatic heterocycles. The van der Waals surface area contributed by atoms with Gasteiger partial charge in [-0.15, -0.1) is 5.92 Å². The molecular formula is C10H14F2. The van der Waals surface area contributed by atoms with Crippen LogP contribution in [0.15, 0.2) is 0 Å². The summed E-state index contributed by atoms with van der Waals surface area (Å²) in [6.07, 6.45) is -0.150. The van der Waals surface area contributed by atoms with Gasteiger partial charge in [-0.1, -0.05) is 5.92 Å². The van der Waals surface area contributed by atoms with Gasteiger partial charge in [0.25, 0.3) is 0 Å². The highest BCUT2D eigenvalue weighted by Crippen LogP contribution is 2.43. The van der Waals surface area contributed by atoms with Crippen LogP contribution >= 0.6 is 0 Å². The molecule has 1 rings (SSSR count). The van der Waals surface area contributed by atoms with Crippen molar-refractivity contribution in [1.29, 1.82) is 0 Å². The van der Waals surface area contributed by atoms with Gasteiger partial charge < -0.3 is 0 Å². The van der Waals surface area contributed by atoms with Crippen LogP contribution in [0.2, 0.25) is 0 Å². The molecule has 2 unspecified atom stereocenters.